The second-order valence-electron chi connectivity index (χ2n) is 2.80. The van der Waals surface area contributed by atoms with Crippen LogP contribution in [0.4, 0.5) is 5.95 Å². The molecule has 1 unspecified atom stereocenters. The van der Waals surface area contributed by atoms with Gasteiger partial charge in [-0.1, -0.05) is 0 Å². The number of nitrogens with zero attached hydrogens (tertiary/aromatic N) is 2. The minimum absolute atomic E-state index is 0.409. The van der Waals surface area contributed by atoms with Crippen molar-refractivity contribution in [1.82, 2.24) is 15.3 Å². The second kappa shape index (κ2) is 5.14. The van der Waals surface area contributed by atoms with Crippen LogP contribution in [0.2, 0.25) is 0 Å². The molecule has 1 heterocycles. The van der Waals surface area contributed by atoms with Gasteiger partial charge >= 0.3 is 0 Å². The molecule has 0 aliphatic heterocycles. The number of nitrogens with one attached hydrogen (secondary N) is 2. The molecule has 0 spiro atoms. The minimum Gasteiger partial charge on any atom is -0.353 e. The van der Waals surface area contributed by atoms with Gasteiger partial charge in [0.25, 0.3) is 0 Å². The fraction of sp³-hybridized carbons (Fsp3) is 0.500. The number of likely N-dealkylation sites (N-methyl/N-ethyl adjacent to an activating group) is 1. The molecule has 1 rings (SSSR count). The number of anilines is 1. The fourth-order valence-electron chi connectivity index (χ4n) is 0.750. The Morgan fingerprint density at radius 1 is 1.46 bits per heavy atom. The third-order valence-corrected chi connectivity index (χ3v) is 2.09. The Labute approximate surface area is 86.3 Å². The van der Waals surface area contributed by atoms with Crippen LogP contribution in [0.15, 0.2) is 16.9 Å². The van der Waals surface area contributed by atoms with Gasteiger partial charge in [-0.25, -0.2) is 9.97 Å². The van der Waals surface area contributed by atoms with E-state index in [-0.39, 0.29) is 0 Å². The number of rotatable bonds is 4. The molecular weight excluding hydrogens is 232 g/mol. The topological polar surface area (TPSA) is 49.8 Å². The van der Waals surface area contributed by atoms with Gasteiger partial charge in [-0.15, -0.1) is 0 Å². The van der Waals surface area contributed by atoms with E-state index in [1.807, 2.05) is 7.05 Å². The monoisotopic (exact) mass is 244 g/mol. The van der Waals surface area contributed by atoms with E-state index in [1.165, 1.54) is 0 Å². The highest BCUT2D eigenvalue weighted by molar-refractivity contribution is 9.10. The summed E-state index contributed by atoms with van der Waals surface area (Å²) in [4.78, 5) is 8.18. The van der Waals surface area contributed by atoms with Crippen molar-refractivity contribution >= 4 is 21.9 Å². The largest absolute Gasteiger partial charge is 0.353 e. The van der Waals surface area contributed by atoms with Crippen molar-refractivity contribution < 1.29 is 0 Å². The predicted molar refractivity (Wildman–Crippen MR) is 56.7 cm³/mol. The van der Waals surface area contributed by atoms with E-state index in [0.29, 0.717) is 12.0 Å². The highest BCUT2D eigenvalue weighted by Gasteiger charge is 1.98. The second-order valence-corrected chi connectivity index (χ2v) is 3.71. The van der Waals surface area contributed by atoms with Crippen LogP contribution in [0.3, 0.4) is 0 Å². The lowest BCUT2D eigenvalue weighted by molar-refractivity contribution is 0.636. The molecule has 2 N–H and O–H groups in total. The smallest absolute Gasteiger partial charge is 0.222 e. The summed E-state index contributed by atoms with van der Waals surface area (Å²) in [6.45, 7) is 2.91. The molecule has 5 heteroatoms. The highest BCUT2D eigenvalue weighted by atomic mass is 79.9. The van der Waals surface area contributed by atoms with Crippen LogP contribution in [0, 0.1) is 0 Å². The van der Waals surface area contributed by atoms with E-state index < -0.39 is 0 Å². The Hall–Kier alpha value is -0.680. The molecule has 0 aliphatic carbocycles. The Morgan fingerprint density at radius 2 is 2.08 bits per heavy atom. The van der Waals surface area contributed by atoms with E-state index in [1.54, 1.807) is 12.4 Å². The summed E-state index contributed by atoms with van der Waals surface area (Å²) < 4.78 is 0.889. The molecule has 0 bridgehead atoms. The maximum Gasteiger partial charge on any atom is 0.222 e. The lowest BCUT2D eigenvalue weighted by Crippen LogP contribution is -2.29. The Balaban J connectivity index is 2.41. The average molecular weight is 245 g/mol. The summed E-state index contributed by atoms with van der Waals surface area (Å²) in [5.41, 5.74) is 0. The molecule has 0 aromatic carbocycles. The van der Waals surface area contributed by atoms with Crippen molar-refractivity contribution in [2.24, 2.45) is 0 Å². The van der Waals surface area contributed by atoms with Gasteiger partial charge in [-0.2, -0.15) is 0 Å². The summed E-state index contributed by atoms with van der Waals surface area (Å²) in [5.74, 6) is 0.658. The first-order valence-corrected chi connectivity index (χ1v) is 4.90. The lowest BCUT2D eigenvalue weighted by atomic mass is 10.3. The Bertz CT molecular complexity index is 249. The first-order chi connectivity index (χ1) is 6.22. The zero-order chi connectivity index (χ0) is 9.68. The molecule has 0 fully saturated rings. The van der Waals surface area contributed by atoms with Gasteiger partial charge in [-0.3, -0.25) is 0 Å². The minimum atomic E-state index is 0.409. The predicted octanol–water partition coefficient (Wildman–Crippen LogP) is 1.26. The van der Waals surface area contributed by atoms with E-state index in [4.69, 9.17) is 0 Å². The normalized spacial score (nSPS) is 12.5. The van der Waals surface area contributed by atoms with E-state index in [9.17, 15) is 0 Å². The zero-order valence-corrected chi connectivity index (χ0v) is 9.30. The summed E-state index contributed by atoms with van der Waals surface area (Å²) in [5, 5.41) is 6.24. The van der Waals surface area contributed by atoms with Crippen molar-refractivity contribution in [3.8, 4) is 0 Å². The van der Waals surface area contributed by atoms with Gasteiger partial charge in [0.15, 0.2) is 0 Å². The fourth-order valence-corrected chi connectivity index (χ4v) is 0.955. The van der Waals surface area contributed by atoms with Gasteiger partial charge in [0.1, 0.15) is 0 Å². The van der Waals surface area contributed by atoms with Gasteiger partial charge in [0.05, 0.1) is 4.47 Å². The third-order valence-electron chi connectivity index (χ3n) is 1.68. The first-order valence-electron chi connectivity index (χ1n) is 4.11. The van der Waals surface area contributed by atoms with Crippen molar-refractivity contribution in [2.45, 2.75) is 13.0 Å². The molecule has 1 atom stereocenters. The summed E-state index contributed by atoms with van der Waals surface area (Å²) in [6, 6.07) is 0.409. The van der Waals surface area contributed by atoms with Crippen molar-refractivity contribution in [1.29, 1.82) is 0 Å². The SMILES string of the molecule is CNC(C)CNc1ncc(Br)cn1. The average Bonchev–Trinajstić information content (AvgIpc) is 2.16. The molecule has 72 valence electrons. The molecule has 0 saturated carbocycles. The maximum absolute atomic E-state index is 4.09. The van der Waals surface area contributed by atoms with Crippen LogP contribution >= 0.6 is 15.9 Å². The molecule has 1 aromatic rings. The van der Waals surface area contributed by atoms with Crippen LogP contribution < -0.4 is 10.6 Å². The first kappa shape index (κ1) is 10.4. The number of aromatic nitrogens is 2. The maximum atomic E-state index is 4.09. The molecule has 13 heavy (non-hydrogen) atoms. The van der Waals surface area contributed by atoms with Crippen molar-refractivity contribution in [3.05, 3.63) is 16.9 Å². The Kier molecular flexibility index (Phi) is 4.11. The number of hydrogen-bond acceptors (Lipinski definition) is 4. The molecule has 0 amide bonds. The van der Waals surface area contributed by atoms with Crippen LogP contribution in [-0.2, 0) is 0 Å². The molecule has 0 saturated heterocycles. The van der Waals surface area contributed by atoms with Crippen LogP contribution in [0.1, 0.15) is 6.92 Å². The summed E-state index contributed by atoms with van der Waals surface area (Å²) in [7, 11) is 1.93. The van der Waals surface area contributed by atoms with Gasteiger partial charge in [0.2, 0.25) is 5.95 Å². The molecular formula is C8H13BrN4. The molecule has 1 aromatic heterocycles. The van der Waals surface area contributed by atoms with Crippen LogP contribution in [-0.4, -0.2) is 29.6 Å². The third kappa shape index (κ3) is 3.69. The van der Waals surface area contributed by atoms with Crippen molar-refractivity contribution in [2.75, 3.05) is 18.9 Å². The number of hydrogen-bond donors (Lipinski definition) is 2. The van der Waals surface area contributed by atoms with Crippen molar-refractivity contribution in [3.63, 3.8) is 0 Å². The van der Waals surface area contributed by atoms with E-state index in [2.05, 4.69) is 43.5 Å². The Morgan fingerprint density at radius 3 is 2.62 bits per heavy atom. The lowest BCUT2D eigenvalue weighted by Gasteiger charge is -2.10. The van der Waals surface area contributed by atoms with Gasteiger partial charge in [-0.05, 0) is 29.9 Å². The summed E-state index contributed by atoms with van der Waals surface area (Å²) >= 11 is 3.27. The van der Waals surface area contributed by atoms with Gasteiger partial charge < -0.3 is 10.6 Å². The standard InChI is InChI=1S/C8H13BrN4/c1-6(10-2)3-11-8-12-4-7(9)5-13-8/h4-6,10H,3H2,1-2H3,(H,11,12,13). The molecule has 4 nitrogen and oxygen atoms in total. The quantitative estimate of drug-likeness (QED) is 0.838. The summed E-state index contributed by atoms with van der Waals surface area (Å²) in [6.07, 6.45) is 3.44. The van der Waals surface area contributed by atoms with Gasteiger partial charge in [0, 0.05) is 25.0 Å². The highest BCUT2D eigenvalue weighted by Crippen LogP contribution is 2.06. The number of halogens is 1. The molecule has 0 radical (unpaired) electrons. The van der Waals surface area contributed by atoms with Crippen LogP contribution in [0.25, 0.3) is 0 Å². The van der Waals surface area contributed by atoms with E-state index in [0.717, 1.165) is 11.0 Å². The van der Waals surface area contributed by atoms with E-state index >= 15 is 0 Å². The zero-order valence-electron chi connectivity index (χ0n) is 7.71. The van der Waals surface area contributed by atoms with Crippen LogP contribution in [0.5, 0.6) is 0 Å². The molecule has 0 aliphatic rings.